The van der Waals surface area contributed by atoms with Gasteiger partial charge in [-0.3, -0.25) is 4.98 Å². The van der Waals surface area contributed by atoms with E-state index in [0.717, 1.165) is 0 Å². The number of rotatable bonds is 6. The SMILES string of the molecule is [2H]c1nc2c(c([2H])c1[2H])c([2H])c([2H])c1c([2H])c([2H])c(-c3c([2H])c([2H])c(-c4oc(-c5c6c([2H])c([2H])c([2H])c([2H])c6c(-c6c([2H])c([2H])c([2H])c([2H])c6[2H])c6c([2H])c([2H])c([2H])c([2H])c56)c(-c5c([2H])c([2H])c([2H])c([2H])c5[2H])c4-c4c([2H])c([2H])c([2H])c([2H])c4O)c4c([2H])c([2H])c([2H])c([2H])c34)nc12. The summed E-state index contributed by atoms with van der Waals surface area (Å²) >= 11 is 0. The summed E-state index contributed by atoms with van der Waals surface area (Å²) in [6.07, 6.45) is -0.864. The average molecular weight is 828 g/mol. The number of fused-ring (bicyclic) bond motifs is 6. The van der Waals surface area contributed by atoms with E-state index in [1.807, 2.05) is 0 Å². The fourth-order valence-electron chi connectivity index (χ4n) is 7.32. The monoisotopic (exact) mass is 827 g/mol. The molecule has 0 amide bonds. The molecule has 0 spiro atoms. The Morgan fingerprint density at radius 2 is 0.887 bits per heavy atom. The standard InChI is InChI=1S/C58H36N2O2/c61-50-28-14-13-27-48(50)54-52(37-18-5-2-6-19-37)58(53-45-25-11-9-23-43(45)51(36-16-3-1-4-17-36)44-24-10-12-26-46(44)53)62-57(54)47-33-32-42(40-21-7-8-22-41(40)47)49-34-31-39-30-29-38-20-15-35-59-55(38)56(39)60-49/h1-35,61H/i1D,2D,3D,4D,5D,6D,7D,8D,9D,10D,11D,12D,13D,14D,15D,16D,17D,18D,19D,20D,21D,22D,23D,24D,25D,26D,27D,28D,29D,30D,31D,32D,33D,34D,35D. The van der Waals surface area contributed by atoms with E-state index in [9.17, 15) is 25.7 Å². The van der Waals surface area contributed by atoms with Crippen LogP contribution in [0.1, 0.15) is 48.0 Å². The van der Waals surface area contributed by atoms with Gasteiger partial charge in [-0.15, -0.1) is 0 Å². The van der Waals surface area contributed by atoms with Crippen molar-refractivity contribution in [3.05, 3.63) is 212 Å². The molecule has 1 N–H and O–H groups in total. The summed E-state index contributed by atoms with van der Waals surface area (Å²) in [6.45, 7) is 0. The van der Waals surface area contributed by atoms with Gasteiger partial charge in [-0.05, 0) is 73.2 Å². The second kappa shape index (κ2) is 14.4. The molecular weight excluding hydrogens is 757 g/mol. The first kappa shape index (κ1) is 15.0. The third-order valence-electron chi connectivity index (χ3n) is 9.84. The van der Waals surface area contributed by atoms with Crippen LogP contribution in [0.3, 0.4) is 0 Å². The van der Waals surface area contributed by atoms with Crippen molar-refractivity contribution in [1.82, 2.24) is 9.97 Å². The smallest absolute Gasteiger partial charge is 0.144 e. The largest absolute Gasteiger partial charge is 0.507 e. The second-order valence-electron chi connectivity index (χ2n) is 13.1. The van der Waals surface area contributed by atoms with E-state index in [2.05, 4.69) is 9.97 Å². The summed E-state index contributed by atoms with van der Waals surface area (Å²) in [5, 5.41) is 5.46. The minimum absolute atomic E-state index is 0.544. The molecule has 0 unspecified atom stereocenters. The summed E-state index contributed by atoms with van der Waals surface area (Å²) < 4.78 is 328. The summed E-state index contributed by atoms with van der Waals surface area (Å²) in [4.78, 5) is 8.51. The van der Waals surface area contributed by atoms with Crippen LogP contribution in [0.15, 0.2) is 216 Å². The Hall–Kier alpha value is -8.34. The molecule has 4 nitrogen and oxygen atoms in total. The summed E-state index contributed by atoms with van der Waals surface area (Å²) in [6, 6.07) is -38.3. The fourth-order valence-corrected chi connectivity index (χ4v) is 7.32. The molecule has 0 saturated carbocycles. The number of phenolic OH excluding ortho intramolecular Hbond substituents is 1. The van der Waals surface area contributed by atoms with E-state index in [1.54, 1.807) is 0 Å². The van der Waals surface area contributed by atoms with Crippen LogP contribution in [0.4, 0.5) is 0 Å². The number of phenols is 1. The molecule has 62 heavy (non-hydrogen) atoms. The number of nitrogens with zero attached hydrogens (tertiary/aromatic N) is 2. The lowest BCUT2D eigenvalue weighted by molar-refractivity contribution is 0.477. The number of hydrogen-bond donors (Lipinski definition) is 1. The van der Waals surface area contributed by atoms with E-state index in [0.29, 0.717) is 0 Å². The quantitative estimate of drug-likeness (QED) is 0.134. The Morgan fingerprint density at radius 1 is 0.371 bits per heavy atom. The van der Waals surface area contributed by atoms with Crippen LogP contribution >= 0.6 is 0 Å². The molecule has 9 aromatic carbocycles. The van der Waals surface area contributed by atoms with Crippen molar-refractivity contribution >= 4 is 54.1 Å². The van der Waals surface area contributed by atoms with Gasteiger partial charge in [0.25, 0.3) is 0 Å². The van der Waals surface area contributed by atoms with E-state index in [-0.39, 0.29) is 0 Å². The predicted molar refractivity (Wildman–Crippen MR) is 256 cm³/mol. The number of pyridine rings is 2. The van der Waals surface area contributed by atoms with Gasteiger partial charge in [0.2, 0.25) is 0 Å². The highest BCUT2D eigenvalue weighted by atomic mass is 16.3. The van der Waals surface area contributed by atoms with Crippen molar-refractivity contribution in [2.24, 2.45) is 0 Å². The zero-order chi connectivity index (χ0) is 71.6. The molecule has 3 aromatic heterocycles. The second-order valence-corrected chi connectivity index (χ2v) is 13.1. The highest BCUT2D eigenvalue weighted by molar-refractivity contribution is 6.23. The Kier molecular flexibility index (Phi) is 3.49. The highest BCUT2D eigenvalue weighted by Crippen LogP contribution is 2.55. The van der Waals surface area contributed by atoms with Crippen LogP contribution in [-0.2, 0) is 0 Å². The Morgan fingerprint density at radius 3 is 1.56 bits per heavy atom. The molecule has 0 aliphatic rings. The molecule has 12 rings (SSSR count). The number of furan rings is 1. The van der Waals surface area contributed by atoms with E-state index in [4.69, 9.17) is 31.8 Å². The van der Waals surface area contributed by atoms with E-state index < -0.39 is 339 Å². The zero-order valence-corrected chi connectivity index (χ0v) is 30.7. The van der Waals surface area contributed by atoms with Crippen LogP contribution in [0.2, 0.25) is 0 Å². The van der Waals surface area contributed by atoms with Crippen LogP contribution in [0, 0.1) is 0 Å². The Balaban J connectivity index is 1.44. The van der Waals surface area contributed by atoms with Gasteiger partial charge in [0.1, 0.15) is 17.3 Å². The topological polar surface area (TPSA) is 59.2 Å². The van der Waals surface area contributed by atoms with Crippen LogP contribution in [-0.4, -0.2) is 15.1 Å². The molecule has 0 fully saturated rings. The van der Waals surface area contributed by atoms with Crippen molar-refractivity contribution in [2.45, 2.75) is 0 Å². The molecule has 4 heteroatoms. The fraction of sp³-hybridized carbons (Fsp3) is 0. The first-order chi connectivity index (χ1) is 45.2. The Labute approximate surface area is 406 Å². The number of hydrogen-bond acceptors (Lipinski definition) is 4. The van der Waals surface area contributed by atoms with Crippen molar-refractivity contribution in [3.63, 3.8) is 0 Å². The van der Waals surface area contributed by atoms with Gasteiger partial charge in [0.05, 0.1) is 64.7 Å². The van der Waals surface area contributed by atoms with Crippen molar-refractivity contribution < 1.29 is 57.5 Å². The lowest BCUT2D eigenvalue weighted by atomic mass is 9.85. The molecule has 0 aliphatic heterocycles. The number of para-hydroxylation sites is 1. The third kappa shape index (κ3) is 5.62. The van der Waals surface area contributed by atoms with Crippen molar-refractivity contribution in [2.75, 3.05) is 0 Å². The van der Waals surface area contributed by atoms with Gasteiger partial charge in [-0.25, -0.2) is 4.98 Å². The number of benzene rings is 9. The number of aromatic hydroxyl groups is 1. The predicted octanol–water partition coefficient (Wildman–Crippen LogP) is 15.5. The highest BCUT2D eigenvalue weighted by Gasteiger charge is 2.30. The molecule has 3 heterocycles. The first-order valence-corrected chi connectivity index (χ1v) is 18.0. The molecule has 0 bridgehead atoms. The first-order valence-electron chi connectivity index (χ1n) is 35.5. The van der Waals surface area contributed by atoms with E-state index in [1.165, 1.54) is 0 Å². The van der Waals surface area contributed by atoms with Gasteiger partial charge in [0, 0.05) is 50.3 Å². The van der Waals surface area contributed by atoms with Gasteiger partial charge in [-0.1, -0.05) is 181 Å². The Bertz CT molecular complexity index is 5620. The maximum absolute atomic E-state index is 12.4. The normalized spacial score (nSPS) is 19.5. The molecule has 12 aromatic rings. The maximum atomic E-state index is 12.4. The molecule has 0 radical (unpaired) electrons. The lowest BCUT2D eigenvalue weighted by Gasteiger charge is -2.17. The minimum atomic E-state index is -1.50. The molecule has 0 saturated heterocycles. The maximum Gasteiger partial charge on any atom is 0.144 e. The van der Waals surface area contributed by atoms with Crippen molar-refractivity contribution in [3.8, 4) is 73.0 Å². The molecular formula is C58H36N2O2. The molecule has 290 valence electrons. The van der Waals surface area contributed by atoms with Gasteiger partial charge in [0.15, 0.2) is 0 Å². The zero-order valence-electron chi connectivity index (χ0n) is 65.7. The summed E-state index contributed by atoms with van der Waals surface area (Å²) in [5.41, 5.74) is -11.7. The average Bonchev–Trinajstić information content (AvgIpc) is 1.68. The van der Waals surface area contributed by atoms with Crippen LogP contribution in [0.5, 0.6) is 5.75 Å². The van der Waals surface area contributed by atoms with Gasteiger partial charge < -0.3 is 9.52 Å². The third-order valence-corrected chi connectivity index (χ3v) is 9.84. The number of aromatic nitrogens is 2. The summed E-state index contributed by atoms with van der Waals surface area (Å²) in [7, 11) is 0. The molecule has 0 atom stereocenters. The minimum Gasteiger partial charge on any atom is -0.507 e. The van der Waals surface area contributed by atoms with Crippen LogP contribution < -0.4 is 0 Å². The lowest BCUT2D eigenvalue weighted by Crippen LogP contribution is -1.92. The van der Waals surface area contributed by atoms with Crippen LogP contribution in [0.25, 0.3) is 121 Å². The van der Waals surface area contributed by atoms with E-state index >= 15 is 0 Å². The van der Waals surface area contributed by atoms with Gasteiger partial charge in [-0.2, -0.15) is 0 Å². The summed E-state index contributed by atoms with van der Waals surface area (Å²) in [5.74, 6) is -4.03. The van der Waals surface area contributed by atoms with Crippen molar-refractivity contribution in [1.29, 1.82) is 0 Å². The molecule has 0 aliphatic carbocycles. The van der Waals surface area contributed by atoms with Gasteiger partial charge >= 0.3 is 0 Å².